The van der Waals surface area contributed by atoms with Crippen molar-refractivity contribution >= 4 is 22.6 Å². The van der Waals surface area contributed by atoms with Gasteiger partial charge in [0.1, 0.15) is 11.4 Å². The molecule has 2 aliphatic heterocycles. The second-order valence-electron chi connectivity index (χ2n) is 11.4. The van der Waals surface area contributed by atoms with Crippen molar-refractivity contribution in [1.29, 1.82) is 0 Å². The Bertz CT molecular complexity index is 1700. The molecule has 1 fully saturated rings. The van der Waals surface area contributed by atoms with Crippen LogP contribution in [0.25, 0.3) is 22.4 Å². The van der Waals surface area contributed by atoms with Gasteiger partial charge in [-0.2, -0.15) is 13.2 Å². The van der Waals surface area contributed by atoms with E-state index in [9.17, 15) is 22.8 Å². The number of nitrogens with one attached hydrogen (secondary N) is 3. The molecule has 0 aliphatic carbocycles. The first-order chi connectivity index (χ1) is 20.1. The standard InChI is InChI=1S/C31H33F3N6O2/c1-18-5-6-22(31(32,33)34)14-20(18)13-19(2)36-24-7-8-35-29(41)27(24)28-37-25-15-21-17-40(12-11-39-9-3-4-10-39)30(42)23(21)16-26(25)38-28/h5-8,14-16,19H,3-4,9-13,17H2,1-2H3,(H,37,38)(H2,35,36,41). The van der Waals surface area contributed by atoms with E-state index in [1.54, 1.807) is 19.1 Å². The Morgan fingerprint density at radius 3 is 2.62 bits per heavy atom. The number of H-pyrrole nitrogens is 2. The van der Waals surface area contributed by atoms with Gasteiger partial charge in [0.25, 0.3) is 11.5 Å². The van der Waals surface area contributed by atoms with Crippen molar-refractivity contribution in [2.24, 2.45) is 0 Å². The predicted octanol–water partition coefficient (Wildman–Crippen LogP) is 5.34. The highest BCUT2D eigenvalue weighted by Crippen LogP contribution is 2.32. The summed E-state index contributed by atoms with van der Waals surface area (Å²) >= 11 is 0. The third kappa shape index (κ3) is 5.53. The Morgan fingerprint density at radius 2 is 1.86 bits per heavy atom. The van der Waals surface area contributed by atoms with E-state index in [1.165, 1.54) is 31.2 Å². The van der Waals surface area contributed by atoms with Crippen molar-refractivity contribution in [1.82, 2.24) is 24.8 Å². The number of pyridine rings is 1. The summed E-state index contributed by atoms with van der Waals surface area (Å²) in [4.78, 5) is 41.0. The second kappa shape index (κ2) is 10.9. The van der Waals surface area contributed by atoms with Crippen LogP contribution >= 0.6 is 0 Å². The van der Waals surface area contributed by atoms with E-state index < -0.39 is 11.7 Å². The molecule has 8 nitrogen and oxygen atoms in total. The summed E-state index contributed by atoms with van der Waals surface area (Å²) in [5.41, 5.74) is 3.95. The van der Waals surface area contributed by atoms with Gasteiger partial charge in [0, 0.05) is 37.4 Å². The average molecular weight is 579 g/mol. The molecule has 1 saturated heterocycles. The van der Waals surface area contributed by atoms with Gasteiger partial charge in [0.05, 0.1) is 22.3 Å². The SMILES string of the molecule is Cc1ccc(C(F)(F)F)cc1CC(C)Nc1cc[nH]c(=O)c1-c1nc2cc3c(cc2[nH]1)CN(CCN1CCCC1)C3=O. The Morgan fingerprint density at radius 1 is 1.07 bits per heavy atom. The highest BCUT2D eigenvalue weighted by atomic mass is 19.4. The Labute approximate surface area is 240 Å². The minimum atomic E-state index is -4.42. The second-order valence-corrected chi connectivity index (χ2v) is 11.4. The maximum absolute atomic E-state index is 13.3. The number of halogens is 3. The Hall–Kier alpha value is -4.12. The van der Waals surface area contributed by atoms with E-state index in [4.69, 9.17) is 0 Å². The molecule has 0 saturated carbocycles. The fraction of sp³-hybridized carbons (Fsp3) is 0.387. The molecule has 1 atom stereocenters. The van der Waals surface area contributed by atoms with Gasteiger partial charge < -0.3 is 25.1 Å². The summed E-state index contributed by atoms with van der Waals surface area (Å²) in [7, 11) is 0. The number of fused-ring (bicyclic) bond motifs is 2. The maximum Gasteiger partial charge on any atom is 0.416 e. The number of aryl methyl sites for hydroxylation is 1. The summed E-state index contributed by atoms with van der Waals surface area (Å²) in [6.45, 7) is 7.91. The van der Waals surface area contributed by atoms with Gasteiger partial charge in [-0.05, 0) is 93.2 Å². The number of carbonyl (C=O) groups is 1. The van der Waals surface area contributed by atoms with Crippen LogP contribution in [0.3, 0.4) is 0 Å². The molecule has 42 heavy (non-hydrogen) atoms. The number of imidazole rings is 1. The number of nitrogens with zero attached hydrogens (tertiary/aromatic N) is 3. The van der Waals surface area contributed by atoms with Crippen LogP contribution < -0.4 is 10.9 Å². The fourth-order valence-electron chi connectivity index (χ4n) is 5.99. The minimum absolute atomic E-state index is 0.00530. The molecule has 3 N–H and O–H groups in total. The summed E-state index contributed by atoms with van der Waals surface area (Å²) in [6, 6.07) is 8.88. The largest absolute Gasteiger partial charge is 0.416 e. The number of amides is 1. The first-order valence-electron chi connectivity index (χ1n) is 14.3. The normalized spacial score (nSPS) is 16.4. The number of carbonyl (C=O) groups excluding carboxylic acids is 1. The summed E-state index contributed by atoms with van der Waals surface area (Å²) in [5, 5.41) is 3.30. The van der Waals surface area contributed by atoms with Crippen molar-refractivity contribution < 1.29 is 18.0 Å². The number of alkyl halides is 3. The van der Waals surface area contributed by atoms with Crippen LogP contribution in [0.5, 0.6) is 0 Å². The van der Waals surface area contributed by atoms with Gasteiger partial charge in [-0.1, -0.05) is 6.07 Å². The molecule has 2 aliphatic rings. The molecule has 1 amide bonds. The van der Waals surface area contributed by atoms with Crippen molar-refractivity contribution in [3.05, 3.63) is 80.8 Å². The molecular weight excluding hydrogens is 545 g/mol. The molecule has 11 heteroatoms. The van der Waals surface area contributed by atoms with Gasteiger partial charge in [-0.3, -0.25) is 9.59 Å². The predicted molar refractivity (Wildman–Crippen MR) is 156 cm³/mol. The lowest BCUT2D eigenvalue weighted by Gasteiger charge is -2.20. The number of hydrogen-bond donors (Lipinski definition) is 3. The third-order valence-electron chi connectivity index (χ3n) is 8.27. The first kappa shape index (κ1) is 28.0. The lowest BCUT2D eigenvalue weighted by atomic mass is 9.98. The molecule has 6 rings (SSSR count). The van der Waals surface area contributed by atoms with Gasteiger partial charge in [0.2, 0.25) is 0 Å². The minimum Gasteiger partial charge on any atom is -0.381 e. The topological polar surface area (TPSA) is 97.1 Å². The molecule has 0 spiro atoms. The number of anilines is 1. The van der Waals surface area contributed by atoms with E-state index in [0.717, 1.165) is 42.3 Å². The van der Waals surface area contributed by atoms with E-state index in [2.05, 4.69) is 25.2 Å². The number of benzene rings is 2. The molecular formula is C31H33F3N6O2. The summed E-state index contributed by atoms with van der Waals surface area (Å²) in [5.74, 6) is 0.341. The molecule has 0 bridgehead atoms. The molecule has 2 aromatic heterocycles. The Kier molecular flexibility index (Phi) is 7.30. The monoisotopic (exact) mass is 578 g/mol. The van der Waals surface area contributed by atoms with Gasteiger partial charge in [-0.15, -0.1) is 0 Å². The van der Waals surface area contributed by atoms with E-state index in [0.29, 0.717) is 53.2 Å². The molecule has 0 radical (unpaired) electrons. The van der Waals surface area contributed by atoms with Crippen molar-refractivity contribution in [3.8, 4) is 11.4 Å². The van der Waals surface area contributed by atoms with E-state index in [1.807, 2.05) is 17.9 Å². The lowest BCUT2D eigenvalue weighted by molar-refractivity contribution is -0.137. The van der Waals surface area contributed by atoms with Gasteiger partial charge in [0.15, 0.2) is 0 Å². The highest BCUT2D eigenvalue weighted by Gasteiger charge is 2.31. The van der Waals surface area contributed by atoms with Crippen LogP contribution in [0.2, 0.25) is 0 Å². The third-order valence-corrected chi connectivity index (χ3v) is 8.27. The zero-order valence-corrected chi connectivity index (χ0v) is 23.6. The van der Waals surface area contributed by atoms with Crippen molar-refractivity contribution in [3.63, 3.8) is 0 Å². The maximum atomic E-state index is 13.3. The molecule has 4 aromatic rings. The van der Waals surface area contributed by atoms with Crippen molar-refractivity contribution in [2.75, 3.05) is 31.5 Å². The first-order valence-corrected chi connectivity index (χ1v) is 14.3. The fourth-order valence-corrected chi connectivity index (χ4v) is 5.99. The van der Waals surface area contributed by atoms with Crippen LogP contribution in [-0.2, 0) is 19.1 Å². The van der Waals surface area contributed by atoms with E-state index >= 15 is 0 Å². The highest BCUT2D eigenvalue weighted by molar-refractivity contribution is 6.02. The van der Waals surface area contributed by atoms with Crippen molar-refractivity contribution in [2.45, 2.75) is 51.9 Å². The average Bonchev–Trinajstić information content (AvgIpc) is 3.66. The van der Waals surface area contributed by atoms with Crippen LogP contribution in [0.4, 0.5) is 18.9 Å². The molecule has 2 aromatic carbocycles. The zero-order valence-electron chi connectivity index (χ0n) is 23.6. The summed E-state index contributed by atoms with van der Waals surface area (Å²) in [6.07, 6.45) is -0.156. The van der Waals surface area contributed by atoms with Crippen LogP contribution in [0.15, 0.2) is 47.4 Å². The number of aromatic amines is 2. The molecule has 4 heterocycles. The zero-order chi connectivity index (χ0) is 29.6. The quantitative estimate of drug-likeness (QED) is 0.262. The molecule has 1 unspecified atom stereocenters. The number of aromatic nitrogens is 3. The lowest BCUT2D eigenvalue weighted by Crippen LogP contribution is -2.33. The van der Waals surface area contributed by atoms with Crippen LogP contribution in [0, 0.1) is 6.92 Å². The van der Waals surface area contributed by atoms with Gasteiger partial charge in [-0.25, -0.2) is 4.98 Å². The number of likely N-dealkylation sites (tertiary alicyclic amines) is 1. The van der Waals surface area contributed by atoms with E-state index in [-0.39, 0.29) is 17.5 Å². The summed E-state index contributed by atoms with van der Waals surface area (Å²) < 4.78 is 39.8. The number of rotatable bonds is 8. The smallest absolute Gasteiger partial charge is 0.381 e. The van der Waals surface area contributed by atoms with Crippen LogP contribution in [0.1, 0.15) is 52.4 Å². The van der Waals surface area contributed by atoms with Gasteiger partial charge >= 0.3 is 6.18 Å². The number of hydrogen-bond acceptors (Lipinski definition) is 5. The van der Waals surface area contributed by atoms with Crippen LogP contribution in [-0.4, -0.2) is 62.9 Å². The Balaban J connectivity index is 1.23. The molecule has 220 valence electrons.